The van der Waals surface area contributed by atoms with E-state index in [1.807, 2.05) is 6.07 Å². The molecule has 1 N–H and O–H groups in total. The molecule has 0 bridgehead atoms. The molecule has 0 saturated carbocycles. The number of hydrogen-bond acceptors (Lipinski definition) is 5. The number of anilines is 2. The molecule has 2 atom stereocenters. The Labute approximate surface area is 160 Å². The third-order valence-corrected chi connectivity index (χ3v) is 5.70. The minimum atomic E-state index is -0.228. The zero-order valence-electron chi connectivity index (χ0n) is 16.2. The van der Waals surface area contributed by atoms with Gasteiger partial charge in [0.2, 0.25) is 5.95 Å². The van der Waals surface area contributed by atoms with Crippen LogP contribution in [0.3, 0.4) is 0 Å². The van der Waals surface area contributed by atoms with E-state index in [4.69, 9.17) is 9.97 Å². The summed E-state index contributed by atoms with van der Waals surface area (Å²) < 4.78 is 13.4. The van der Waals surface area contributed by atoms with Crippen LogP contribution < -0.4 is 15.1 Å². The van der Waals surface area contributed by atoms with E-state index in [1.54, 1.807) is 12.1 Å². The zero-order chi connectivity index (χ0) is 18.8. The van der Waals surface area contributed by atoms with E-state index in [9.17, 15) is 4.39 Å². The first-order chi connectivity index (χ1) is 13.1. The van der Waals surface area contributed by atoms with Gasteiger partial charge in [0, 0.05) is 49.9 Å². The van der Waals surface area contributed by atoms with Crippen LogP contribution in [0.5, 0.6) is 0 Å². The summed E-state index contributed by atoms with van der Waals surface area (Å²) in [4.78, 5) is 14.5. The average Bonchev–Trinajstić information content (AvgIpc) is 2.69. The highest BCUT2D eigenvalue weighted by molar-refractivity contribution is 5.65. The van der Waals surface area contributed by atoms with Crippen molar-refractivity contribution >= 4 is 11.8 Å². The van der Waals surface area contributed by atoms with E-state index in [1.165, 1.54) is 31.4 Å². The minimum absolute atomic E-state index is 0.228. The van der Waals surface area contributed by atoms with Gasteiger partial charge in [0.1, 0.15) is 11.6 Å². The normalized spacial score (nSPS) is 23.5. The lowest BCUT2D eigenvalue weighted by molar-refractivity contribution is 0.474. The van der Waals surface area contributed by atoms with Gasteiger partial charge in [-0.25, -0.2) is 9.37 Å². The molecule has 5 nitrogen and oxygen atoms in total. The van der Waals surface area contributed by atoms with Crippen LogP contribution >= 0.6 is 0 Å². The quantitative estimate of drug-likeness (QED) is 0.898. The molecule has 0 radical (unpaired) electrons. The highest BCUT2D eigenvalue weighted by atomic mass is 19.1. The molecule has 27 heavy (non-hydrogen) atoms. The van der Waals surface area contributed by atoms with E-state index >= 15 is 0 Å². The van der Waals surface area contributed by atoms with E-state index < -0.39 is 0 Å². The number of nitrogens with zero attached hydrogens (tertiary/aromatic N) is 4. The summed E-state index contributed by atoms with van der Waals surface area (Å²) in [5.74, 6) is 1.53. The first-order valence-electron chi connectivity index (χ1n) is 10.0. The fraction of sp³-hybridized carbons (Fsp3) is 0.524. The number of benzene rings is 1. The summed E-state index contributed by atoms with van der Waals surface area (Å²) in [5.41, 5.74) is 1.78. The van der Waals surface area contributed by atoms with Gasteiger partial charge in [-0.3, -0.25) is 0 Å². The number of hydrogen-bond donors (Lipinski definition) is 1. The van der Waals surface area contributed by atoms with Gasteiger partial charge in [-0.15, -0.1) is 0 Å². The molecule has 0 spiro atoms. The molecule has 4 rings (SSSR count). The van der Waals surface area contributed by atoms with Gasteiger partial charge in [-0.1, -0.05) is 0 Å². The highest BCUT2D eigenvalue weighted by Crippen LogP contribution is 2.29. The molecule has 2 aromatic rings. The van der Waals surface area contributed by atoms with Crippen molar-refractivity contribution in [3.05, 3.63) is 36.1 Å². The second kappa shape index (κ2) is 7.80. The maximum Gasteiger partial charge on any atom is 0.228 e. The molecular weight excluding hydrogens is 341 g/mol. The largest absolute Gasteiger partial charge is 0.351 e. The monoisotopic (exact) mass is 369 g/mol. The maximum atomic E-state index is 13.4. The minimum Gasteiger partial charge on any atom is -0.351 e. The molecule has 1 aromatic heterocycles. The van der Waals surface area contributed by atoms with Crippen LogP contribution in [0.15, 0.2) is 30.3 Å². The van der Waals surface area contributed by atoms with Crippen LogP contribution in [0.2, 0.25) is 0 Å². The fourth-order valence-corrected chi connectivity index (χ4v) is 4.04. The van der Waals surface area contributed by atoms with Crippen LogP contribution in [0.25, 0.3) is 11.3 Å². The first-order valence-corrected chi connectivity index (χ1v) is 10.0. The van der Waals surface area contributed by atoms with Crippen LogP contribution in [0, 0.1) is 5.82 Å². The van der Waals surface area contributed by atoms with Crippen LogP contribution in [-0.4, -0.2) is 48.2 Å². The summed E-state index contributed by atoms with van der Waals surface area (Å²) >= 11 is 0. The van der Waals surface area contributed by atoms with Crippen LogP contribution in [-0.2, 0) is 0 Å². The van der Waals surface area contributed by atoms with E-state index in [2.05, 4.69) is 29.0 Å². The molecule has 2 unspecified atom stereocenters. The topological polar surface area (TPSA) is 44.3 Å². The van der Waals surface area contributed by atoms with Crippen molar-refractivity contribution < 1.29 is 4.39 Å². The van der Waals surface area contributed by atoms with Crippen molar-refractivity contribution in [1.82, 2.24) is 15.3 Å². The molecular formula is C21H28FN5. The molecule has 1 aromatic carbocycles. The summed E-state index contributed by atoms with van der Waals surface area (Å²) in [5, 5.41) is 3.43. The Morgan fingerprint density at radius 1 is 1.00 bits per heavy atom. The van der Waals surface area contributed by atoms with Gasteiger partial charge < -0.3 is 15.1 Å². The summed E-state index contributed by atoms with van der Waals surface area (Å²) in [6.45, 7) is 8.29. The first kappa shape index (κ1) is 18.2. The second-order valence-electron chi connectivity index (χ2n) is 7.70. The molecule has 6 heteroatoms. The maximum absolute atomic E-state index is 13.4. The predicted molar refractivity (Wildman–Crippen MR) is 108 cm³/mol. The van der Waals surface area contributed by atoms with Gasteiger partial charge in [0.05, 0.1) is 5.69 Å². The van der Waals surface area contributed by atoms with E-state index in [-0.39, 0.29) is 5.82 Å². The lowest BCUT2D eigenvalue weighted by Crippen LogP contribution is -2.50. The van der Waals surface area contributed by atoms with Crippen molar-refractivity contribution in [2.45, 2.75) is 45.2 Å². The van der Waals surface area contributed by atoms with Gasteiger partial charge in [0.25, 0.3) is 0 Å². The summed E-state index contributed by atoms with van der Waals surface area (Å²) in [7, 11) is 0. The number of piperazine rings is 1. The lowest BCUT2D eigenvalue weighted by Gasteiger charge is -2.37. The average molecular weight is 369 g/mol. The highest BCUT2D eigenvalue weighted by Gasteiger charge is 2.25. The van der Waals surface area contributed by atoms with Crippen molar-refractivity contribution in [3.8, 4) is 11.3 Å². The Bertz CT molecular complexity index is 738. The van der Waals surface area contributed by atoms with Crippen molar-refractivity contribution in [2.24, 2.45) is 0 Å². The lowest BCUT2D eigenvalue weighted by atomic mass is 10.0. The Balaban J connectivity index is 1.76. The van der Waals surface area contributed by atoms with Crippen molar-refractivity contribution in [1.29, 1.82) is 0 Å². The number of rotatable bonds is 3. The second-order valence-corrected chi connectivity index (χ2v) is 7.70. The Morgan fingerprint density at radius 2 is 1.81 bits per heavy atom. The number of nitrogens with one attached hydrogen (secondary N) is 1. The fourth-order valence-electron chi connectivity index (χ4n) is 4.04. The summed E-state index contributed by atoms with van der Waals surface area (Å²) in [6.07, 6.45) is 3.61. The van der Waals surface area contributed by atoms with Gasteiger partial charge in [-0.05, 0) is 57.4 Å². The molecule has 0 amide bonds. The van der Waals surface area contributed by atoms with Crippen molar-refractivity contribution in [3.63, 3.8) is 0 Å². The third-order valence-electron chi connectivity index (χ3n) is 5.70. The molecule has 144 valence electrons. The Hall–Kier alpha value is -2.21. The van der Waals surface area contributed by atoms with E-state index in [0.717, 1.165) is 49.2 Å². The standard InChI is InChI=1S/C21H28FN5/c1-15-5-3-4-11-27(15)21-24-19(17-6-8-18(22)9-7-17)13-20(25-21)26-12-10-23-14-16(26)2/h6-9,13,15-16,23H,3-5,10-12,14H2,1-2H3. The third kappa shape index (κ3) is 3.90. The molecule has 3 heterocycles. The van der Waals surface area contributed by atoms with Crippen molar-refractivity contribution in [2.75, 3.05) is 36.0 Å². The van der Waals surface area contributed by atoms with E-state index in [0.29, 0.717) is 12.1 Å². The molecule has 2 saturated heterocycles. The molecule has 2 aliphatic heterocycles. The predicted octanol–water partition coefficient (Wildman–Crippen LogP) is 3.46. The number of piperidine rings is 1. The van der Waals surface area contributed by atoms with Gasteiger partial charge >= 0.3 is 0 Å². The Morgan fingerprint density at radius 3 is 2.56 bits per heavy atom. The van der Waals surface area contributed by atoms with Gasteiger partial charge in [-0.2, -0.15) is 4.98 Å². The number of aromatic nitrogens is 2. The van der Waals surface area contributed by atoms with Crippen LogP contribution in [0.4, 0.5) is 16.2 Å². The summed E-state index contributed by atoms with van der Waals surface area (Å²) in [6, 6.07) is 9.45. The molecule has 2 fully saturated rings. The smallest absolute Gasteiger partial charge is 0.228 e. The van der Waals surface area contributed by atoms with Crippen LogP contribution in [0.1, 0.15) is 33.1 Å². The molecule has 2 aliphatic rings. The zero-order valence-corrected chi connectivity index (χ0v) is 16.2. The SMILES string of the molecule is CC1CNCCN1c1cc(-c2ccc(F)cc2)nc(N2CCCCC2C)n1. The van der Waals surface area contributed by atoms with Gasteiger partial charge in [0.15, 0.2) is 0 Å². The number of halogens is 1. The molecule has 0 aliphatic carbocycles. The Kier molecular flexibility index (Phi) is 5.25.